The first kappa shape index (κ1) is 14.7. The van der Waals surface area contributed by atoms with Crippen LogP contribution < -0.4 is 10.1 Å². The van der Waals surface area contributed by atoms with E-state index < -0.39 is 0 Å². The maximum Gasteiger partial charge on any atom is 0.141 e. The van der Waals surface area contributed by atoms with Crippen molar-refractivity contribution in [2.24, 2.45) is 0 Å². The molecule has 2 nitrogen and oxygen atoms in total. The molecule has 19 heavy (non-hydrogen) atoms. The highest BCUT2D eigenvalue weighted by atomic mass is 79.9. The molecule has 0 heterocycles. The highest BCUT2D eigenvalue weighted by molar-refractivity contribution is 9.10. The van der Waals surface area contributed by atoms with Gasteiger partial charge in [-0.25, -0.2) is 0 Å². The SMILES string of the molecule is CNCc1ccc(Oc2ccc(Cl)cc2Br)cc1Cl. The van der Waals surface area contributed by atoms with Crippen molar-refractivity contribution in [1.82, 2.24) is 5.32 Å². The zero-order valence-corrected chi connectivity index (χ0v) is 13.3. The molecule has 5 heteroatoms. The third kappa shape index (κ3) is 3.86. The summed E-state index contributed by atoms with van der Waals surface area (Å²) in [5, 5.41) is 4.39. The summed E-state index contributed by atoms with van der Waals surface area (Å²) in [7, 11) is 1.88. The number of hydrogen-bond acceptors (Lipinski definition) is 2. The van der Waals surface area contributed by atoms with Gasteiger partial charge < -0.3 is 10.1 Å². The molecule has 1 N–H and O–H groups in total. The molecule has 0 aliphatic carbocycles. The average Bonchev–Trinajstić information content (AvgIpc) is 2.36. The molecular weight excluding hydrogens is 349 g/mol. The van der Waals surface area contributed by atoms with Crippen LogP contribution in [0.5, 0.6) is 11.5 Å². The monoisotopic (exact) mass is 359 g/mol. The molecule has 0 aliphatic rings. The normalized spacial score (nSPS) is 10.5. The number of hydrogen-bond donors (Lipinski definition) is 1. The molecule has 0 atom stereocenters. The summed E-state index contributed by atoms with van der Waals surface area (Å²) in [4.78, 5) is 0. The first-order chi connectivity index (χ1) is 9.10. The van der Waals surface area contributed by atoms with Crippen LogP contribution in [0, 0.1) is 0 Å². The topological polar surface area (TPSA) is 21.3 Å². The van der Waals surface area contributed by atoms with Gasteiger partial charge in [-0.05, 0) is 58.9 Å². The molecule has 0 saturated heterocycles. The summed E-state index contributed by atoms with van der Waals surface area (Å²) >= 11 is 15.5. The maximum absolute atomic E-state index is 6.19. The lowest BCUT2D eigenvalue weighted by molar-refractivity contribution is 0.479. The van der Waals surface area contributed by atoms with Crippen molar-refractivity contribution in [3.63, 3.8) is 0 Å². The van der Waals surface area contributed by atoms with Gasteiger partial charge in [0, 0.05) is 16.6 Å². The minimum atomic E-state index is 0.654. The standard InChI is InChI=1S/C14H12BrCl2NO/c1-18-8-9-2-4-11(7-13(9)17)19-14-5-3-10(16)6-12(14)15/h2-7,18H,8H2,1H3. The predicted molar refractivity (Wildman–Crippen MR) is 83.4 cm³/mol. The molecule has 2 aromatic carbocycles. The van der Waals surface area contributed by atoms with Crippen molar-refractivity contribution < 1.29 is 4.74 Å². The second-order valence-corrected chi connectivity index (χ2v) is 5.66. The Morgan fingerprint density at radius 3 is 2.58 bits per heavy atom. The molecule has 2 rings (SSSR count). The lowest BCUT2D eigenvalue weighted by Crippen LogP contribution is -2.05. The summed E-state index contributed by atoms with van der Waals surface area (Å²) in [6, 6.07) is 11.0. The van der Waals surface area contributed by atoms with Crippen LogP contribution >= 0.6 is 39.1 Å². The smallest absolute Gasteiger partial charge is 0.141 e. The zero-order chi connectivity index (χ0) is 13.8. The van der Waals surface area contributed by atoms with Gasteiger partial charge in [-0.15, -0.1) is 0 Å². The Morgan fingerprint density at radius 2 is 1.95 bits per heavy atom. The Bertz CT molecular complexity index is 590. The van der Waals surface area contributed by atoms with Crippen LogP contribution in [0.25, 0.3) is 0 Å². The summed E-state index contributed by atoms with van der Waals surface area (Å²) in [5.74, 6) is 1.38. The third-order valence-electron chi connectivity index (χ3n) is 2.51. The van der Waals surface area contributed by atoms with E-state index in [-0.39, 0.29) is 0 Å². The first-order valence-electron chi connectivity index (χ1n) is 5.66. The number of ether oxygens (including phenoxy) is 1. The third-order valence-corrected chi connectivity index (χ3v) is 3.72. The van der Waals surface area contributed by atoms with Crippen LogP contribution in [0.1, 0.15) is 5.56 Å². The number of rotatable bonds is 4. The van der Waals surface area contributed by atoms with Gasteiger partial charge in [-0.2, -0.15) is 0 Å². The zero-order valence-electron chi connectivity index (χ0n) is 10.2. The van der Waals surface area contributed by atoms with Crippen molar-refractivity contribution in [1.29, 1.82) is 0 Å². The Morgan fingerprint density at radius 1 is 1.16 bits per heavy atom. The summed E-state index contributed by atoms with van der Waals surface area (Å²) in [6.07, 6.45) is 0. The number of nitrogens with one attached hydrogen (secondary N) is 1. The van der Waals surface area contributed by atoms with E-state index >= 15 is 0 Å². The van der Waals surface area contributed by atoms with Gasteiger partial charge in [-0.1, -0.05) is 29.3 Å². The van der Waals surface area contributed by atoms with Crippen LogP contribution in [0.2, 0.25) is 10.0 Å². The van der Waals surface area contributed by atoms with E-state index in [1.165, 1.54) is 0 Å². The molecule has 0 unspecified atom stereocenters. The molecule has 0 saturated carbocycles. The molecule has 0 aliphatic heterocycles. The van der Waals surface area contributed by atoms with E-state index in [1.54, 1.807) is 18.2 Å². The lowest BCUT2D eigenvalue weighted by atomic mass is 10.2. The molecule has 0 fully saturated rings. The van der Waals surface area contributed by atoms with Crippen molar-refractivity contribution in [3.05, 3.63) is 56.5 Å². The highest BCUT2D eigenvalue weighted by Crippen LogP contribution is 2.33. The summed E-state index contributed by atoms with van der Waals surface area (Å²) in [5.41, 5.74) is 1.03. The van der Waals surface area contributed by atoms with Crippen LogP contribution in [-0.4, -0.2) is 7.05 Å². The van der Waals surface area contributed by atoms with Crippen molar-refractivity contribution in [2.45, 2.75) is 6.54 Å². The molecule has 100 valence electrons. The van der Waals surface area contributed by atoms with E-state index in [0.717, 1.165) is 16.6 Å². The molecule has 2 aromatic rings. The molecule has 0 radical (unpaired) electrons. The fraction of sp³-hybridized carbons (Fsp3) is 0.143. The van der Waals surface area contributed by atoms with Gasteiger partial charge in [0.15, 0.2) is 0 Å². The summed E-state index contributed by atoms with van der Waals surface area (Å²) < 4.78 is 6.57. The van der Waals surface area contributed by atoms with Crippen molar-refractivity contribution in [3.8, 4) is 11.5 Å². The van der Waals surface area contributed by atoms with Gasteiger partial charge in [0.2, 0.25) is 0 Å². The van der Waals surface area contributed by atoms with Gasteiger partial charge in [-0.3, -0.25) is 0 Å². The fourth-order valence-corrected chi connectivity index (χ4v) is 2.61. The van der Waals surface area contributed by atoms with E-state index in [9.17, 15) is 0 Å². The van der Waals surface area contributed by atoms with Gasteiger partial charge in [0.05, 0.1) is 4.47 Å². The number of halogens is 3. The van der Waals surface area contributed by atoms with E-state index in [1.807, 2.05) is 25.2 Å². The maximum atomic E-state index is 6.19. The molecule has 0 bridgehead atoms. The van der Waals surface area contributed by atoms with Crippen LogP contribution in [0.15, 0.2) is 40.9 Å². The fourth-order valence-electron chi connectivity index (χ4n) is 1.61. The largest absolute Gasteiger partial charge is 0.456 e. The summed E-state index contributed by atoms with van der Waals surface area (Å²) in [6.45, 7) is 0.726. The van der Waals surface area contributed by atoms with Crippen LogP contribution in [-0.2, 0) is 6.54 Å². The Hall–Kier alpha value is -0.740. The molecule has 0 aromatic heterocycles. The lowest BCUT2D eigenvalue weighted by Gasteiger charge is -2.10. The molecule has 0 spiro atoms. The minimum absolute atomic E-state index is 0.654. The predicted octanol–water partition coefficient (Wildman–Crippen LogP) is 5.27. The van der Waals surface area contributed by atoms with E-state index in [0.29, 0.717) is 21.5 Å². The molecule has 0 amide bonds. The van der Waals surface area contributed by atoms with E-state index in [2.05, 4.69) is 21.2 Å². The highest BCUT2D eigenvalue weighted by Gasteiger charge is 2.06. The minimum Gasteiger partial charge on any atom is -0.456 e. The first-order valence-corrected chi connectivity index (χ1v) is 7.21. The average molecular weight is 361 g/mol. The Labute approximate surface area is 130 Å². The van der Waals surface area contributed by atoms with Gasteiger partial charge >= 0.3 is 0 Å². The molecular formula is C14H12BrCl2NO. The van der Waals surface area contributed by atoms with E-state index in [4.69, 9.17) is 27.9 Å². The van der Waals surface area contributed by atoms with Crippen LogP contribution in [0.4, 0.5) is 0 Å². The Kier molecular flexibility index (Phi) is 5.11. The van der Waals surface area contributed by atoms with Crippen molar-refractivity contribution >= 4 is 39.1 Å². The quantitative estimate of drug-likeness (QED) is 0.802. The van der Waals surface area contributed by atoms with Gasteiger partial charge in [0.25, 0.3) is 0 Å². The number of benzene rings is 2. The Balaban J connectivity index is 2.21. The van der Waals surface area contributed by atoms with Crippen molar-refractivity contribution in [2.75, 3.05) is 7.05 Å². The van der Waals surface area contributed by atoms with Crippen LogP contribution in [0.3, 0.4) is 0 Å². The van der Waals surface area contributed by atoms with Gasteiger partial charge in [0.1, 0.15) is 11.5 Å². The second-order valence-electron chi connectivity index (χ2n) is 3.96. The second kappa shape index (κ2) is 6.62.